The van der Waals surface area contributed by atoms with Gasteiger partial charge in [0, 0.05) is 24.1 Å². The first-order valence-electron chi connectivity index (χ1n) is 8.13. The fourth-order valence-corrected chi connectivity index (χ4v) is 2.52. The van der Waals surface area contributed by atoms with Crippen LogP contribution < -0.4 is 5.32 Å². The second-order valence-electron chi connectivity index (χ2n) is 5.96. The van der Waals surface area contributed by atoms with Gasteiger partial charge in [0.15, 0.2) is 0 Å². The molecule has 1 N–H and O–H groups in total. The molecule has 0 fully saturated rings. The van der Waals surface area contributed by atoms with E-state index in [0.29, 0.717) is 25.1 Å². The van der Waals surface area contributed by atoms with Crippen LogP contribution >= 0.6 is 0 Å². The predicted molar refractivity (Wildman–Crippen MR) is 93.2 cm³/mol. The molecule has 25 heavy (non-hydrogen) atoms. The third-order valence-electron chi connectivity index (χ3n) is 3.99. The second kappa shape index (κ2) is 7.75. The first-order chi connectivity index (χ1) is 12.1. The summed E-state index contributed by atoms with van der Waals surface area (Å²) in [6.45, 7) is 2.54. The number of hydrogen-bond donors (Lipinski definition) is 1. The van der Waals surface area contributed by atoms with Crippen molar-refractivity contribution in [1.29, 1.82) is 0 Å². The fourth-order valence-electron chi connectivity index (χ4n) is 2.52. The molecule has 0 unspecified atom stereocenters. The van der Waals surface area contributed by atoms with Crippen molar-refractivity contribution in [3.8, 4) is 11.3 Å². The smallest absolute Gasteiger partial charge is 0.220 e. The van der Waals surface area contributed by atoms with Gasteiger partial charge >= 0.3 is 0 Å². The highest BCUT2D eigenvalue weighted by atomic mass is 19.1. The normalized spacial score (nSPS) is 10.6. The number of halogens is 1. The van der Waals surface area contributed by atoms with Gasteiger partial charge in [0.1, 0.15) is 17.8 Å². The minimum Gasteiger partial charge on any atom is -0.364 e. The van der Waals surface area contributed by atoms with E-state index in [4.69, 9.17) is 4.52 Å². The van der Waals surface area contributed by atoms with Crippen LogP contribution in [-0.4, -0.2) is 11.1 Å². The molecular weight excluding hydrogens is 319 g/mol. The molecule has 2 aromatic carbocycles. The van der Waals surface area contributed by atoms with Gasteiger partial charge in [-0.1, -0.05) is 35.0 Å². The number of hydrogen-bond acceptors (Lipinski definition) is 3. The van der Waals surface area contributed by atoms with Gasteiger partial charge in [-0.3, -0.25) is 4.79 Å². The second-order valence-corrected chi connectivity index (χ2v) is 5.96. The first kappa shape index (κ1) is 16.9. The summed E-state index contributed by atoms with van der Waals surface area (Å²) in [6, 6.07) is 14.1. The minimum atomic E-state index is -0.302. The highest BCUT2D eigenvalue weighted by Crippen LogP contribution is 2.23. The maximum Gasteiger partial charge on any atom is 0.220 e. The molecule has 0 radical (unpaired) electrons. The molecule has 3 rings (SSSR count). The lowest BCUT2D eigenvalue weighted by atomic mass is 10.0. The van der Waals surface area contributed by atoms with Gasteiger partial charge in [-0.25, -0.2) is 4.39 Å². The molecule has 1 heterocycles. The van der Waals surface area contributed by atoms with E-state index in [9.17, 15) is 9.18 Å². The fraction of sp³-hybridized carbons (Fsp3) is 0.200. The molecule has 0 aliphatic rings. The molecule has 5 heteroatoms. The van der Waals surface area contributed by atoms with Crippen LogP contribution in [0.2, 0.25) is 0 Å². The maximum absolute atomic E-state index is 13.0. The van der Waals surface area contributed by atoms with Gasteiger partial charge in [-0.2, -0.15) is 0 Å². The van der Waals surface area contributed by atoms with Gasteiger partial charge in [-0.15, -0.1) is 0 Å². The number of rotatable bonds is 6. The van der Waals surface area contributed by atoms with Gasteiger partial charge in [0.05, 0.1) is 0 Å². The number of aryl methyl sites for hydroxylation is 2. The molecule has 0 aliphatic heterocycles. The summed E-state index contributed by atoms with van der Waals surface area (Å²) >= 11 is 0. The van der Waals surface area contributed by atoms with E-state index in [1.165, 1.54) is 24.0 Å². The number of carbonyl (C=O) groups is 1. The maximum atomic E-state index is 13.0. The zero-order chi connectivity index (χ0) is 17.6. The van der Waals surface area contributed by atoms with Crippen molar-refractivity contribution < 1.29 is 13.7 Å². The molecule has 0 bridgehead atoms. The average Bonchev–Trinajstić information content (AvgIpc) is 3.09. The summed E-state index contributed by atoms with van der Waals surface area (Å²) < 4.78 is 18.1. The van der Waals surface area contributed by atoms with E-state index in [-0.39, 0.29) is 11.7 Å². The van der Waals surface area contributed by atoms with Crippen LogP contribution in [0.1, 0.15) is 23.1 Å². The number of aromatic nitrogens is 1. The minimum absolute atomic E-state index is 0.0353. The Morgan fingerprint density at radius 3 is 2.56 bits per heavy atom. The number of carbonyl (C=O) groups excluding carboxylic acids is 1. The zero-order valence-electron chi connectivity index (χ0n) is 14.0. The van der Waals surface area contributed by atoms with Gasteiger partial charge in [-0.05, 0) is 43.2 Å². The van der Waals surface area contributed by atoms with Crippen molar-refractivity contribution in [2.75, 3.05) is 0 Å². The van der Waals surface area contributed by atoms with Crippen LogP contribution in [0.4, 0.5) is 4.39 Å². The Kier molecular flexibility index (Phi) is 5.23. The van der Waals surface area contributed by atoms with Gasteiger partial charge < -0.3 is 9.84 Å². The summed E-state index contributed by atoms with van der Waals surface area (Å²) in [5.74, 6) is -0.337. The van der Waals surface area contributed by atoms with Crippen LogP contribution in [0.5, 0.6) is 0 Å². The highest BCUT2D eigenvalue weighted by Gasteiger charge is 2.12. The molecule has 0 saturated heterocycles. The Bertz CT molecular complexity index is 839. The monoisotopic (exact) mass is 338 g/mol. The van der Waals surface area contributed by atoms with Crippen molar-refractivity contribution >= 4 is 5.91 Å². The average molecular weight is 338 g/mol. The standard InChI is InChI=1S/C20H19FN2O2/c1-14-2-4-15(5-3-14)12-22-19(24)11-8-17-13-25-23-20(17)16-6-9-18(21)10-7-16/h2-7,9-10,13H,8,11-12H2,1H3,(H,22,24). The van der Waals surface area contributed by atoms with E-state index >= 15 is 0 Å². The largest absolute Gasteiger partial charge is 0.364 e. The van der Waals surface area contributed by atoms with Crippen LogP contribution in [0.15, 0.2) is 59.3 Å². The Morgan fingerprint density at radius 2 is 1.84 bits per heavy atom. The SMILES string of the molecule is Cc1ccc(CNC(=O)CCc2conc2-c2ccc(F)cc2)cc1. The van der Waals surface area contributed by atoms with Crippen LogP contribution in [-0.2, 0) is 17.8 Å². The molecule has 0 atom stereocenters. The summed E-state index contributed by atoms with van der Waals surface area (Å²) in [5.41, 5.74) is 4.50. The lowest BCUT2D eigenvalue weighted by Gasteiger charge is -2.06. The number of nitrogens with zero attached hydrogens (tertiary/aromatic N) is 1. The summed E-state index contributed by atoms with van der Waals surface area (Å²) in [7, 11) is 0. The van der Waals surface area contributed by atoms with Crippen LogP contribution in [0, 0.1) is 12.7 Å². The molecule has 4 nitrogen and oxygen atoms in total. The third-order valence-corrected chi connectivity index (χ3v) is 3.99. The third kappa shape index (κ3) is 4.53. The molecule has 1 aromatic heterocycles. The van der Waals surface area contributed by atoms with Gasteiger partial charge in [0.2, 0.25) is 5.91 Å². The summed E-state index contributed by atoms with van der Waals surface area (Å²) in [5, 5.41) is 6.87. The quantitative estimate of drug-likeness (QED) is 0.738. The van der Waals surface area contributed by atoms with Crippen LogP contribution in [0.3, 0.4) is 0 Å². The topological polar surface area (TPSA) is 55.1 Å². The van der Waals surface area contributed by atoms with E-state index < -0.39 is 0 Å². The molecular formula is C20H19FN2O2. The zero-order valence-corrected chi connectivity index (χ0v) is 14.0. The van der Waals surface area contributed by atoms with Crippen molar-refractivity contribution in [3.63, 3.8) is 0 Å². The molecule has 1 amide bonds. The number of nitrogens with one attached hydrogen (secondary N) is 1. The van der Waals surface area contributed by atoms with E-state index in [0.717, 1.165) is 16.7 Å². The molecule has 0 spiro atoms. The summed E-state index contributed by atoms with van der Waals surface area (Å²) in [6.07, 6.45) is 2.38. The lowest BCUT2D eigenvalue weighted by Crippen LogP contribution is -2.23. The van der Waals surface area contributed by atoms with Gasteiger partial charge in [0.25, 0.3) is 0 Å². The van der Waals surface area contributed by atoms with Crippen molar-refractivity contribution in [1.82, 2.24) is 10.5 Å². The number of amides is 1. The molecule has 128 valence electrons. The van der Waals surface area contributed by atoms with Crippen molar-refractivity contribution in [3.05, 3.63) is 77.3 Å². The van der Waals surface area contributed by atoms with Crippen molar-refractivity contribution in [2.24, 2.45) is 0 Å². The van der Waals surface area contributed by atoms with E-state index in [2.05, 4.69) is 10.5 Å². The molecule has 0 aliphatic carbocycles. The summed E-state index contributed by atoms with van der Waals surface area (Å²) in [4.78, 5) is 12.1. The Labute approximate surface area is 145 Å². The Balaban J connectivity index is 1.55. The number of benzene rings is 2. The van der Waals surface area contributed by atoms with E-state index in [1.807, 2.05) is 31.2 Å². The lowest BCUT2D eigenvalue weighted by molar-refractivity contribution is -0.121. The molecule has 0 saturated carbocycles. The van der Waals surface area contributed by atoms with E-state index in [1.54, 1.807) is 12.1 Å². The Hall–Kier alpha value is -2.95. The van der Waals surface area contributed by atoms with Crippen molar-refractivity contribution in [2.45, 2.75) is 26.3 Å². The molecule has 3 aromatic rings. The first-order valence-corrected chi connectivity index (χ1v) is 8.13. The van der Waals surface area contributed by atoms with Crippen LogP contribution in [0.25, 0.3) is 11.3 Å². The predicted octanol–water partition coefficient (Wildman–Crippen LogP) is 4.04. The highest BCUT2D eigenvalue weighted by molar-refractivity contribution is 5.76. The Morgan fingerprint density at radius 1 is 1.12 bits per heavy atom.